The van der Waals surface area contributed by atoms with Crippen molar-refractivity contribution in [2.24, 2.45) is 0 Å². The van der Waals surface area contributed by atoms with Crippen LogP contribution in [-0.4, -0.2) is 11.4 Å². The largest absolute Gasteiger partial charge is 0.392 e. The zero-order valence-electron chi connectivity index (χ0n) is 6.66. The molecule has 1 aromatic rings. The lowest BCUT2D eigenvalue weighted by molar-refractivity contribution is 0.112. The fourth-order valence-electron chi connectivity index (χ4n) is 0.994. The fourth-order valence-corrected chi connectivity index (χ4v) is 0.994. The van der Waals surface area contributed by atoms with E-state index >= 15 is 0 Å². The molecule has 12 heavy (non-hydrogen) atoms. The molecule has 0 bridgehead atoms. The monoisotopic (exact) mass is 162 g/mol. The molecule has 0 saturated carbocycles. The average Bonchev–Trinajstić information content (AvgIpc) is 2.16. The summed E-state index contributed by atoms with van der Waals surface area (Å²) in [4.78, 5) is 10.5. The van der Waals surface area contributed by atoms with Crippen molar-refractivity contribution >= 4 is 12.4 Å². The predicted octanol–water partition coefficient (Wildman–Crippen LogP) is 1.63. The molecule has 1 N–H and O–H groups in total. The molecule has 1 aromatic carbocycles. The topological polar surface area (TPSA) is 37.3 Å². The summed E-state index contributed by atoms with van der Waals surface area (Å²) in [6.07, 6.45) is 2.40. The molecule has 0 saturated heterocycles. The first-order chi connectivity index (χ1) is 5.81. The van der Waals surface area contributed by atoms with Crippen LogP contribution in [0.25, 0.3) is 6.08 Å². The highest BCUT2D eigenvalue weighted by Gasteiger charge is 1.99. The summed E-state index contributed by atoms with van der Waals surface area (Å²) < 4.78 is 0. The van der Waals surface area contributed by atoms with Crippen LogP contribution in [-0.2, 0) is 6.61 Å². The quantitative estimate of drug-likeness (QED) is 0.686. The third kappa shape index (κ3) is 1.60. The van der Waals surface area contributed by atoms with Gasteiger partial charge in [0.15, 0.2) is 0 Å². The first kappa shape index (κ1) is 8.68. The van der Waals surface area contributed by atoms with Crippen molar-refractivity contribution in [1.29, 1.82) is 0 Å². The first-order valence-corrected chi connectivity index (χ1v) is 3.63. The molecule has 0 fully saturated rings. The number of rotatable bonds is 3. The second kappa shape index (κ2) is 3.83. The minimum absolute atomic E-state index is 0.106. The highest BCUT2D eigenvalue weighted by Crippen LogP contribution is 2.10. The van der Waals surface area contributed by atoms with E-state index in [-0.39, 0.29) is 6.61 Å². The van der Waals surface area contributed by atoms with Crippen molar-refractivity contribution in [2.45, 2.75) is 6.61 Å². The van der Waals surface area contributed by atoms with Crippen LogP contribution in [0.4, 0.5) is 0 Å². The first-order valence-electron chi connectivity index (χ1n) is 3.63. The molecule has 0 amide bonds. The molecule has 0 unspecified atom stereocenters. The summed E-state index contributed by atoms with van der Waals surface area (Å²) in [6.45, 7) is 3.48. The zero-order valence-corrected chi connectivity index (χ0v) is 6.66. The van der Waals surface area contributed by atoms with Gasteiger partial charge >= 0.3 is 0 Å². The van der Waals surface area contributed by atoms with Gasteiger partial charge in [-0.3, -0.25) is 4.79 Å². The molecule has 1 rings (SSSR count). The molecule has 0 heterocycles. The smallest absolute Gasteiger partial charge is 0.150 e. The molecular weight excluding hydrogens is 152 g/mol. The van der Waals surface area contributed by atoms with E-state index in [0.717, 1.165) is 11.8 Å². The Bertz CT molecular complexity index is 303. The van der Waals surface area contributed by atoms with Crippen LogP contribution >= 0.6 is 0 Å². The highest BCUT2D eigenvalue weighted by atomic mass is 16.3. The second-order valence-corrected chi connectivity index (χ2v) is 2.44. The Morgan fingerprint density at radius 3 is 2.75 bits per heavy atom. The third-order valence-electron chi connectivity index (χ3n) is 1.70. The van der Waals surface area contributed by atoms with E-state index in [2.05, 4.69) is 6.58 Å². The number of carbonyl (C=O) groups is 1. The number of hydrogen-bond donors (Lipinski definition) is 1. The predicted molar refractivity (Wildman–Crippen MR) is 47.8 cm³/mol. The van der Waals surface area contributed by atoms with E-state index in [1.54, 1.807) is 18.2 Å². The van der Waals surface area contributed by atoms with E-state index < -0.39 is 0 Å². The van der Waals surface area contributed by atoms with Crippen LogP contribution in [0.2, 0.25) is 0 Å². The zero-order chi connectivity index (χ0) is 8.97. The van der Waals surface area contributed by atoms with Gasteiger partial charge in [-0.1, -0.05) is 24.8 Å². The Kier molecular flexibility index (Phi) is 2.77. The van der Waals surface area contributed by atoms with Crippen LogP contribution in [0.3, 0.4) is 0 Å². The van der Waals surface area contributed by atoms with Gasteiger partial charge in [0.1, 0.15) is 6.29 Å². The number of hydrogen-bond acceptors (Lipinski definition) is 2. The van der Waals surface area contributed by atoms with Crippen molar-refractivity contribution in [2.75, 3.05) is 0 Å². The summed E-state index contributed by atoms with van der Waals surface area (Å²) in [5, 5.41) is 8.83. The third-order valence-corrected chi connectivity index (χ3v) is 1.70. The maximum Gasteiger partial charge on any atom is 0.150 e. The average molecular weight is 162 g/mol. The van der Waals surface area contributed by atoms with Gasteiger partial charge in [0.2, 0.25) is 0 Å². The van der Waals surface area contributed by atoms with E-state index in [1.807, 2.05) is 6.07 Å². The van der Waals surface area contributed by atoms with Gasteiger partial charge in [0.25, 0.3) is 0 Å². The Balaban J connectivity index is 3.18. The minimum Gasteiger partial charge on any atom is -0.392 e. The van der Waals surface area contributed by atoms with E-state index in [9.17, 15) is 4.79 Å². The summed E-state index contributed by atoms with van der Waals surface area (Å²) in [5.41, 5.74) is 2.06. The molecule has 0 aliphatic heterocycles. The van der Waals surface area contributed by atoms with Crippen LogP contribution in [0.15, 0.2) is 24.8 Å². The Hall–Kier alpha value is -1.41. The van der Waals surface area contributed by atoms with Gasteiger partial charge in [-0.2, -0.15) is 0 Å². The van der Waals surface area contributed by atoms with Gasteiger partial charge in [-0.15, -0.1) is 0 Å². The van der Waals surface area contributed by atoms with Crippen LogP contribution in [0.5, 0.6) is 0 Å². The Morgan fingerprint density at radius 2 is 2.25 bits per heavy atom. The molecule has 0 aromatic heterocycles. The fraction of sp³-hybridized carbons (Fsp3) is 0.100. The molecule has 0 aliphatic rings. The standard InChI is InChI=1S/C10H10O2/c1-2-8-3-4-9(6-11)10(5-8)7-12/h2-5,7,11H,1,6H2. The molecule has 2 nitrogen and oxygen atoms in total. The SMILES string of the molecule is C=Cc1ccc(CO)c(C=O)c1. The highest BCUT2D eigenvalue weighted by molar-refractivity contribution is 5.78. The number of carbonyl (C=O) groups excluding carboxylic acids is 1. The van der Waals surface area contributed by atoms with Crippen LogP contribution in [0.1, 0.15) is 21.5 Å². The number of aliphatic hydroxyl groups excluding tert-OH is 1. The summed E-state index contributed by atoms with van der Waals surface area (Å²) >= 11 is 0. The van der Waals surface area contributed by atoms with Crippen molar-refractivity contribution < 1.29 is 9.90 Å². The molecule has 62 valence electrons. The number of benzene rings is 1. The van der Waals surface area contributed by atoms with Gasteiger partial charge in [-0.25, -0.2) is 0 Å². The molecular formula is C10H10O2. The van der Waals surface area contributed by atoms with Gasteiger partial charge in [0, 0.05) is 5.56 Å². The normalized spacial score (nSPS) is 9.42. The molecule has 0 aliphatic carbocycles. The molecule has 0 atom stereocenters. The molecule has 0 radical (unpaired) electrons. The lowest BCUT2D eigenvalue weighted by atomic mass is 10.1. The second-order valence-electron chi connectivity index (χ2n) is 2.44. The summed E-state index contributed by atoms with van der Waals surface area (Å²) in [7, 11) is 0. The summed E-state index contributed by atoms with van der Waals surface area (Å²) in [6, 6.07) is 5.23. The van der Waals surface area contributed by atoms with Gasteiger partial charge in [0.05, 0.1) is 6.61 Å². The van der Waals surface area contributed by atoms with E-state index in [0.29, 0.717) is 11.1 Å². The minimum atomic E-state index is -0.106. The number of aliphatic hydroxyl groups is 1. The lowest BCUT2D eigenvalue weighted by Gasteiger charge is -2.01. The summed E-state index contributed by atoms with van der Waals surface area (Å²) in [5.74, 6) is 0. The van der Waals surface area contributed by atoms with Crippen molar-refractivity contribution in [1.82, 2.24) is 0 Å². The van der Waals surface area contributed by atoms with Crippen LogP contribution in [0, 0.1) is 0 Å². The van der Waals surface area contributed by atoms with E-state index in [4.69, 9.17) is 5.11 Å². The Morgan fingerprint density at radius 1 is 1.50 bits per heavy atom. The molecule has 2 heteroatoms. The van der Waals surface area contributed by atoms with Gasteiger partial charge in [-0.05, 0) is 17.2 Å². The lowest BCUT2D eigenvalue weighted by Crippen LogP contribution is -1.92. The maximum atomic E-state index is 10.5. The van der Waals surface area contributed by atoms with Crippen LogP contribution < -0.4 is 0 Å². The van der Waals surface area contributed by atoms with Crippen molar-refractivity contribution in [3.63, 3.8) is 0 Å². The Labute approximate surface area is 71.2 Å². The van der Waals surface area contributed by atoms with Crippen molar-refractivity contribution in [3.8, 4) is 0 Å². The van der Waals surface area contributed by atoms with Gasteiger partial charge < -0.3 is 5.11 Å². The maximum absolute atomic E-state index is 10.5. The van der Waals surface area contributed by atoms with Crippen molar-refractivity contribution in [3.05, 3.63) is 41.5 Å². The molecule has 0 spiro atoms. The number of aldehydes is 1. The van der Waals surface area contributed by atoms with E-state index in [1.165, 1.54) is 0 Å².